The molecule has 0 bridgehead atoms. The Labute approximate surface area is 170 Å². The van der Waals surface area contributed by atoms with Crippen molar-refractivity contribution >= 4 is 21.5 Å². The van der Waals surface area contributed by atoms with Gasteiger partial charge in [-0.3, -0.25) is 13.9 Å². The van der Waals surface area contributed by atoms with Crippen LogP contribution in [0.25, 0.3) is 21.9 Å². The van der Waals surface area contributed by atoms with E-state index in [4.69, 9.17) is 0 Å². The van der Waals surface area contributed by atoms with Crippen LogP contribution in [0.15, 0.2) is 94.7 Å². The second-order valence-corrected chi connectivity index (χ2v) is 8.75. The molecular weight excluding hydrogens is 384 g/mol. The van der Waals surface area contributed by atoms with E-state index in [1.807, 2.05) is 54.6 Å². The van der Waals surface area contributed by atoms with Crippen LogP contribution in [0.4, 0.5) is 0 Å². The lowest BCUT2D eigenvalue weighted by molar-refractivity contribution is 0.469. The molecule has 148 valence electrons. The zero-order valence-electron chi connectivity index (χ0n) is 15.9. The Balaban J connectivity index is 1.72. The summed E-state index contributed by atoms with van der Waals surface area (Å²) in [5.74, 6) is 0. The lowest BCUT2D eigenvalue weighted by Crippen LogP contribution is -2.19. The van der Waals surface area contributed by atoms with Crippen molar-refractivity contribution in [2.24, 2.45) is 7.05 Å². The van der Waals surface area contributed by atoms with Gasteiger partial charge in [0.1, 0.15) is 0 Å². The van der Waals surface area contributed by atoms with Crippen LogP contribution in [0.3, 0.4) is 0 Å². The van der Waals surface area contributed by atoms with E-state index in [1.54, 1.807) is 42.1 Å². The summed E-state index contributed by atoms with van der Waals surface area (Å²) in [7, 11) is -1.46. The molecule has 29 heavy (non-hydrogen) atoms. The molecule has 3 aromatic carbocycles. The van der Waals surface area contributed by atoms with Crippen molar-refractivity contribution in [3.8, 4) is 11.1 Å². The number of benzene rings is 3. The summed E-state index contributed by atoms with van der Waals surface area (Å²) in [4.78, 5) is 12.8. The van der Waals surface area contributed by atoms with E-state index in [-0.39, 0.29) is 5.56 Å². The largest absolute Gasteiger partial charge is 0.317 e. The van der Waals surface area contributed by atoms with Crippen LogP contribution in [-0.2, 0) is 13.6 Å². The molecule has 3 N–H and O–H groups in total. The van der Waals surface area contributed by atoms with Crippen molar-refractivity contribution in [3.05, 3.63) is 101 Å². The van der Waals surface area contributed by atoms with E-state index < -0.39 is 10.8 Å². The van der Waals surface area contributed by atoms with Crippen molar-refractivity contribution in [1.29, 1.82) is 0 Å². The van der Waals surface area contributed by atoms with Gasteiger partial charge in [0.25, 0.3) is 5.56 Å². The fourth-order valence-electron chi connectivity index (χ4n) is 3.35. The number of nitrogens with zero attached hydrogens (tertiary/aromatic N) is 1. The first-order valence-electron chi connectivity index (χ1n) is 9.21. The summed E-state index contributed by atoms with van der Waals surface area (Å²) in [6.07, 6.45) is 1.78. The first-order valence-corrected chi connectivity index (χ1v) is 10.8. The van der Waals surface area contributed by atoms with E-state index in [9.17, 15) is 13.9 Å². The molecular formula is C23H22N2O3S. The standard InChI is InChI=1S/C23H22N2O3S/c1-25-16-22(20-12-5-6-13-21(20)23(25)26)18-10-7-11-19(14-18)29(27,28)24-15-17-8-3-2-4-9-17/h2-14,16,24,27-28H,15H2,1H3. The molecule has 4 aromatic rings. The number of hydrogen-bond acceptors (Lipinski definition) is 4. The predicted octanol–water partition coefficient (Wildman–Crippen LogP) is 5.02. The van der Waals surface area contributed by atoms with Crippen LogP contribution in [0.5, 0.6) is 0 Å². The number of aryl methyl sites for hydroxylation is 1. The van der Waals surface area contributed by atoms with Gasteiger partial charge in [-0.25, -0.2) is 4.72 Å². The van der Waals surface area contributed by atoms with E-state index in [0.717, 1.165) is 22.1 Å². The second-order valence-electron chi connectivity index (χ2n) is 6.89. The van der Waals surface area contributed by atoms with Crippen LogP contribution in [0.1, 0.15) is 5.56 Å². The minimum Gasteiger partial charge on any atom is -0.317 e. The Bertz CT molecular complexity index is 1220. The third kappa shape index (κ3) is 3.97. The van der Waals surface area contributed by atoms with Crippen molar-refractivity contribution in [3.63, 3.8) is 0 Å². The Morgan fingerprint density at radius 2 is 1.59 bits per heavy atom. The van der Waals surface area contributed by atoms with Gasteiger partial charge in [0.15, 0.2) is 0 Å². The number of fused-ring (bicyclic) bond motifs is 1. The Morgan fingerprint density at radius 1 is 0.897 bits per heavy atom. The minimum atomic E-state index is -3.18. The number of aromatic nitrogens is 1. The van der Waals surface area contributed by atoms with Gasteiger partial charge in [-0.1, -0.05) is 60.7 Å². The van der Waals surface area contributed by atoms with Gasteiger partial charge in [0.05, 0.1) is 4.90 Å². The number of pyridine rings is 1. The highest BCUT2D eigenvalue weighted by atomic mass is 32.3. The second kappa shape index (κ2) is 7.85. The Kier molecular flexibility index (Phi) is 5.25. The average molecular weight is 407 g/mol. The summed E-state index contributed by atoms with van der Waals surface area (Å²) < 4.78 is 25.8. The molecule has 0 aliphatic rings. The molecule has 4 rings (SSSR count). The molecule has 0 saturated carbocycles. The molecule has 5 nitrogen and oxygen atoms in total. The zero-order valence-corrected chi connectivity index (χ0v) is 16.8. The van der Waals surface area contributed by atoms with Crippen LogP contribution >= 0.6 is 10.8 Å². The van der Waals surface area contributed by atoms with E-state index >= 15 is 0 Å². The van der Waals surface area contributed by atoms with Gasteiger partial charge in [0, 0.05) is 30.7 Å². The van der Waals surface area contributed by atoms with Crippen molar-refractivity contribution in [1.82, 2.24) is 9.29 Å². The highest BCUT2D eigenvalue weighted by Gasteiger charge is 2.17. The van der Waals surface area contributed by atoms with Crippen molar-refractivity contribution < 1.29 is 9.11 Å². The van der Waals surface area contributed by atoms with Crippen molar-refractivity contribution in [2.75, 3.05) is 0 Å². The first-order chi connectivity index (χ1) is 14.0. The Morgan fingerprint density at radius 3 is 2.34 bits per heavy atom. The molecule has 6 heteroatoms. The molecule has 1 heterocycles. The maximum atomic E-state index is 12.4. The molecule has 0 aliphatic carbocycles. The van der Waals surface area contributed by atoms with Gasteiger partial charge in [-0.05, 0) is 34.7 Å². The van der Waals surface area contributed by atoms with Crippen molar-refractivity contribution in [2.45, 2.75) is 11.4 Å². The quantitative estimate of drug-likeness (QED) is 0.435. The summed E-state index contributed by atoms with van der Waals surface area (Å²) in [5, 5.41) is 1.47. The maximum Gasteiger partial charge on any atom is 0.258 e. The molecule has 0 saturated heterocycles. The van der Waals surface area contributed by atoms with Gasteiger partial charge in [-0.2, -0.15) is 0 Å². The van der Waals surface area contributed by atoms with E-state index in [2.05, 4.69) is 4.72 Å². The van der Waals surface area contributed by atoms with Crippen LogP contribution < -0.4 is 10.3 Å². The van der Waals surface area contributed by atoms with Crippen LogP contribution in [-0.4, -0.2) is 13.7 Å². The lowest BCUT2D eigenvalue weighted by Gasteiger charge is -2.33. The topological polar surface area (TPSA) is 74.5 Å². The molecule has 1 aromatic heterocycles. The fraction of sp³-hybridized carbons (Fsp3) is 0.0870. The summed E-state index contributed by atoms with van der Waals surface area (Å²) in [5.41, 5.74) is 2.58. The van der Waals surface area contributed by atoms with Gasteiger partial charge in [-0.15, -0.1) is 10.8 Å². The van der Waals surface area contributed by atoms with E-state index in [0.29, 0.717) is 16.8 Å². The number of hydrogen-bond donors (Lipinski definition) is 3. The van der Waals surface area contributed by atoms with Crippen LogP contribution in [0, 0.1) is 0 Å². The molecule has 0 radical (unpaired) electrons. The maximum absolute atomic E-state index is 12.4. The number of rotatable bonds is 5. The average Bonchev–Trinajstić information content (AvgIpc) is 2.76. The third-order valence-electron chi connectivity index (χ3n) is 4.88. The predicted molar refractivity (Wildman–Crippen MR) is 119 cm³/mol. The van der Waals surface area contributed by atoms with Gasteiger partial charge < -0.3 is 4.57 Å². The molecule has 0 amide bonds. The molecule has 0 atom stereocenters. The van der Waals surface area contributed by atoms with Gasteiger partial charge in [0.2, 0.25) is 0 Å². The Hall–Kier alpha value is -2.90. The van der Waals surface area contributed by atoms with Gasteiger partial charge >= 0.3 is 0 Å². The monoisotopic (exact) mass is 406 g/mol. The fourth-order valence-corrected chi connectivity index (χ4v) is 4.44. The highest BCUT2D eigenvalue weighted by Crippen LogP contribution is 2.45. The normalized spacial score (nSPS) is 12.2. The smallest absolute Gasteiger partial charge is 0.258 e. The SMILES string of the molecule is Cn1cc(-c2cccc(S(O)(O)NCc3ccccc3)c2)c2ccccc2c1=O. The highest BCUT2D eigenvalue weighted by molar-refractivity contribution is 8.22. The van der Waals surface area contributed by atoms with E-state index in [1.165, 1.54) is 0 Å². The molecule has 0 unspecified atom stereocenters. The zero-order chi connectivity index (χ0) is 20.4. The summed E-state index contributed by atoms with van der Waals surface area (Å²) >= 11 is 0. The molecule has 0 fully saturated rings. The first kappa shape index (κ1) is 19.4. The third-order valence-corrected chi connectivity index (χ3v) is 6.34. The molecule has 0 spiro atoms. The number of nitrogens with one attached hydrogen (secondary N) is 1. The summed E-state index contributed by atoms with van der Waals surface area (Å²) in [6, 6.07) is 24.2. The summed E-state index contributed by atoms with van der Waals surface area (Å²) in [6.45, 7) is 0.343. The molecule has 0 aliphatic heterocycles. The lowest BCUT2D eigenvalue weighted by atomic mass is 10.0. The van der Waals surface area contributed by atoms with Crippen LogP contribution in [0.2, 0.25) is 0 Å². The minimum absolute atomic E-state index is 0.0608.